The molecule has 2 amide bonds. The molecule has 122 valence electrons. The molecule has 0 spiro atoms. The summed E-state index contributed by atoms with van der Waals surface area (Å²) < 4.78 is 0.890. The van der Waals surface area contributed by atoms with Gasteiger partial charge >= 0.3 is 6.03 Å². The zero-order chi connectivity index (χ0) is 17.1. The third-order valence-electron chi connectivity index (χ3n) is 3.18. The van der Waals surface area contributed by atoms with Gasteiger partial charge in [0.2, 0.25) is 0 Å². The largest absolute Gasteiger partial charge is 0.508 e. The molecule has 0 atom stereocenters. The van der Waals surface area contributed by atoms with E-state index in [2.05, 4.69) is 20.8 Å². The number of aromatic nitrogens is 1. The van der Waals surface area contributed by atoms with Gasteiger partial charge < -0.3 is 5.11 Å². The van der Waals surface area contributed by atoms with Crippen molar-refractivity contribution < 1.29 is 9.90 Å². The van der Waals surface area contributed by atoms with E-state index in [9.17, 15) is 9.90 Å². The van der Waals surface area contributed by atoms with E-state index in [-0.39, 0.29) is 5.75 Å². The van der Waals surface area contributed by atoms with Crippen LogP contribution in [-0.2, 0) is 0 Å². The van der Waals surface area contributed by atoms with Gasteiger partial charge in [-0.05, 0) is 55.0 Å². The number of carbonyl (C=O) groups is 1. The smallest absolute Gasteiger partial charge is 0.341 e. The van der Waals surface area contributed by atoms with E-state index in [1.807, 2.05) is 0 Å². The van der Waals surface area contributed by atoms with Crippen LogP contribution in [0.2, 0.25) is 5.02 Å². The maximum atomic E-state index is 11.9. The number of carbonyl (C=O) groups excluding carboxylic acids is 1. The van der Waals surface area contributed by atoms with Crippen molar-refractivity contribution in [1.29, 1.82) is 0 Å². The standard InChI is InChI=1S/C16H13ClN4O2S/c1-9(10-2-5-12(22)6-3-10)20-21-15(23)19-16-18-13-7-4-11(17)8-14(13)24-16/h2-8,22H,1H3,(H2,18,19,21,23)/b20-9+. The summed E-state index contributed by atoms with van der Waals surface area (Å²) in [7, 11) is 0. The Kier molecular flexibility index (Phi) is 4.64. The Bertz CT molecular complexity index is 921. The normalized spacial score (nSPS) is 11.5. The summed E-state index contributed by atoms with van der Waals surface area (Å²) >= 11 is 7.26. The fraction of sp³-hybridized carbons (Fsp3) is 0.0625. The lowest BCUT2D eigenvalue weighted by atomic mass is 10.1. The van der Waals surface area contributed by atoms with Crippen molar-refractivity contribution in [2.24, 2.45) is 5.10 Å². The monoisotopic (exact) mass is 360 g/mol. The number of nitrogens with one attached hydrogen (secondary N) is 2. The average Bonchev–Trinajstić information content (AvgIpc) is 2.94. The second-order valence-electron chi connectivity index (χ2n) is 4.94. The first-order valence-corrected chi connectivity index (χ1v) is 8.17. The molecule has 0 unspecified atom stereocenters. The zero-order valence-electron chi connectivity index (χ0n) is 12.6. The minimum Gasteiger partial charge on any atom is -0.508 e. The summed E-state index contributed by atoms with van der Waals surface area (Å²) in [6.07, 6.45) is 0. The number of nitrogens with zero attached hydrogens (tertiary/aromatic N) is 2. The highest BCUT2D eigenvalue weighted by molar-refractivity contribution is 7.22. The third kappa shape index (κ3) is 3.81. The highest BCUT2D eigenvalue weighted by atomic mass is 35.5. The molecule has 3 rings (SSSR count). The minimum atomic E-state index is -0.488. The van der Waals surface area contributed by atoms with Crippen molar-refractivity contribution >= 4 is 50.0 Å². The number of urea groups is 1. The molecule has 1 aromatic heterocycles. The van der Waals surface area contributed by atoms with Crippen LogP contribution in [0.5, 0.6) is 5.75 Å². The number of amides is 2. The summed E-state index contributed by atoms with van der Waals surface area (Å²) in [5.41, 5.74) is 4.59. The molecule has 0 aliphatic heterocycles. The maximum absolute atomic E-state index is 11.9. The molecule has 3 aromatic rings. The second kappa shape index (κ2) is 6.86. The molecule has 0 fully saturated rings. The summed E-state index contributed by atoms with van der Waals surface area (Å²) in [4.78, 5) is 16.2. The van der Waals surface area contributed by atoms with Crippen molar-refractivity contribution in [3.8, 4) is 5.75 Å². The molecule has 0 saturated carbocycles. The number of hydrazone groups is 1. The van der Waals surface area contributed by atoms with Gasteiger partial charge in [-0.1, -0.05) is 22.9 Å². The molecule has 1 heterocycles. The Morgan fingerprint density at radius 3 is 2.75 bits per heavy atom. The third-order valence-corrected chi connectivity index (χ3v) is 4.35. The van der Waals surface area contributed by atoms with Crippen LogP contribution >= 0.6 is 22.9 Å². The van der Waals surface area contributed by atoms with Gasteiger partial charge in [0.05, 0.1) is 15.9 Å². The molecule has 6 nitrogen and oxygen atoms in total. The van der Waals surface area contributed by atoms with E-state index in [0.29, 0.717) is 15.9 Å². The van der Waals surface area contributed by atoms with Gasteiger partial charge in [0.15, 0.2) is 5.13 Å². The van der Waals surface area contributed by atoms with Crippen LogP contribution in [0, 0.1) is 0 Å². The summed E-state index contributed by atoms with van der Waals surface area (Å²) in [5, 5.41) is 17.0. The maximum Gasteiger partial charge on any atom is 0.341 e. The van der Waals surface area contributed by atoms with Gasteiger partial charge in [-0.25, -0.2) is 15.2 Å². The highest BCUT2D eigenvalue weighted by Gasteiger charge is 2.08. The minimum absolute atomic E-state index is 0.174. The van der Waals surface area contributed by atoms with Crippen LogP contribution < -0.4 is 10.7 Å². The predicted molar refractivity (Wildman–Crippen MR) is 97.1 cm³/mol. The van der Waals surface area contributed by atoms with Crippen molar-refractivity contribution in [3.63, 3.8) is 0 Å². The van der Waals surface area contributed by atoms with E-state index in [0.717, 1.165) is 15.8 Å². The number of aromatic hydroxyl groups is 1. The van der Waals surface area contributed by atoms with Gasteiger partial charge in [0, 0.05) is 5.02 Å². The predicted octanol–water partition coefficient (Wildman–Crippen LogP) is 4.20. The van der Waals surface area contributed by atoms with Crippen LogP contribution in [-0.4, -0.2) is 21.8 Å². The van der Waals surface area contributed by atoms with Gasteiger partial charge in [-0.3, -0.25) is 5.32 Å². The van der Waals surface area contributed by atoms with E-state index in [1.54, 1.807) is 49.4 Å². The molecule has 0 aliphatic rings. The van der Waals surface area contributed by atoms with Crippen molar-refractivity contribution in [1.82, 2.24) is 10.4 Å². The number of anilines is 1. The lowest BCUT2D eigenvalue weighted by Crippen LogP contribution is -2.25. The summed E-state index contributed by atoms with van der Waals surface area (Å²) in [5.74, 6) is 0.174. The number of fused-ring (bicyclic) bond motifs is 1. The molecule has 24 heavy (non-hydrogen) atoms. The zero-order valence-corrected chi connectivity index (χ0v) is 14.1. The number of hydrogen-bond acceptors (Lipinski definition) is 5. The van der Waals surface area contributed by atoms with Gasteiger partial charge in [-0.2, -0.15) is 5.10 Å². The molecule has 3 N–H and O–H groups in total. The highest BCUT2D eigenvalue weighted by Crippen LogP contribution is 2.28. The summed E-state index contributed by atoms with van der Waals surface area (Å²) in [6.45, 7) is 1.76. The van der Waals surface area contributed by atoms with E-state index >= 15 is 0 Å². The SMILES string of the molecule is C/C(=N\NC(=O)Nc1nc2ccc(Cl)cc2s1)c1ccc(O)cc1. The van der Waals surface area contributed by atoms with Gasteiger partial charge in [0.1, 0.15) is 5.75 Å². The Labute approximate surface area is 146 Å². The molecular weight excluding hydrogens is 348 g/mol. The number of thiazole rings is 1. The van der Waals surface area contributed by atoms with Crippen molar-refractivity contribution in [2.45, 2.75) is 6.92 Å². The number of benzene rings is 2. The molecule has 8 heteroatoms. The van der Waals surface area contributed by atoms with E-state index < -0.39 is 6.03 Å². The molecular formula is C16H13ClN4O2S. The lowest BCUT2D eigenvalue weighted by Gasteiger charge is -2.03. The number of rotatable bonds is 3. The van der Waals surface area contributed by atoms with Gasteiger partial charge in [0.25, 0.3) is 0 Å². The van der Waals surface area contributed by atoms with Crippen molar-refractivity contribution in [3.05, 3.63) is 53.1 Å². The van der Waals surface area contributed by atoms with Crippen LogP contribution in [0.1, 0.15) is 12.5 Å². The van der Waals surface area contributed by atoms with E-state index in [4.69, 9.17) is 11.6 Å². The van der Waals surface area contributed by atoms with Crippen molar-refractivity contribution in [2.75, 3.05) is 5.32 Å². The first-order chi connectivity index (χ1) is 11.5. The average molecular weight is 361 g/mol. The van der Waals surface area contributed by atoms with Crippen LogP contribution in [0.4, 0.5) is 9.93 Å². The second-order valence-corrected chi connectivity index (χ2v) is 6.41. The first-order valence-electron chi connectivity index (χ1n) is 6.98. The molecule has 0 saturated heterocycles. The van der Waals surface area contributed by atoms with E-state index in [1.165, 1.54) is 11.3 Å². The fourth-order valence-electron chi connectivity index (χ4n) is 1.98. The summed E-state index contributed by atoms with van der Waals surface area (Å²) in [6, 6.07) is 11.4. The Hall–Kier alpha value is -2.64. The first kappa shape index (κ1) is 16.2. The molecule has 0 aliphatic carbocycles. The molecule has 0 bridgehead atoms. The number of phenolic OH excluding ortho intramolecular Hbond substituents is 1. The fourth-order valence-corrected chi connectivity index (χ4v) is 3.12. The number of phenols is 1. The lowest BCUT2D eigenvalue weighted by molar-refractivity contribution is 0.252. The number of halogens is 1. The van der Waals surface area contributed by atoms with Crippen LogP contribution in [0.15, 0.2) is 47.6 Å². The molecule has 2 aromatic carbocycles. The van der Waals surface area contributed by atoms with Crippen LogP contribution in [0.3, 0.4) is 0 Å². The number of hydrogen-bond donors (Lipinski definition) is 3. The Balaban J connectivity index is 1.66. The van der Waals surface area contributed by atoms with Crippen LogP contribution in [0.25, 0.3) is 10.2 Å². The topological polar surface area (TPSA) is 86.6 Å². The Morgan fingerprint density at radius 1 is 1.25 bits per heavy atom. The van der Waals surface area contributed by atoms with Gasteiger partial charge in [-0.15, -0.1) is 0 Å². The quantitative estimate of drug-likeness (QED) is 0.483. The Morgan fingerprint density at radius 2 is 2.00 bits per heavy atom. The molecule has 0 radical (unpaired) electrons.